The predicted octanol–water partition coefficient (Wildman–Crippen LogP) is 2.52. The Morgan fingerprint density at radius 2 is 1.77 bits per heavy atom. The normalized spacial score (nSPS) is 11.2. The molecule has 0 bridgehead atoms. The summed E-state index contributed by atoms with van der Waals surface area (Å²) in [5.41, 5.74) is 1.88. The SMILES string of the molecule is Cc1ccc(S(=O)(=O)NCCC(=O)Nc2ccc([N+](=O)[O-])cc2C)cc1. The first kappa shape index (κ1) is 19.5. The van der Waals surface area contributed by atoms with Crippen LogP contribution < -0.4 is 10.0 Å². The van der Waals surface area contributed by atoms with Crippen LogP contribution in [0.3, 0.4) is 0 Å². The number of carbonyl (C=O) groups is 1. The van der Waals surface area contributed by atoms with E-state index in [1.807, 2.05) is 6.92 Å². The Morgan fingerprint density at radius 3 is 2.35 bits per heavy atom. The van der Waals surface area contributed by atoms with E-state index in [9.17, 15) is 23.3 Å². The summed E-state index contributed by atoms with van der Waals surface area (Å²) in [6.45, 7) is 3.44. The van der Waals surface area contributed by atoms with Gasteiger partial charge < -0.3 is 5.32 Å². The number of sulfonamides is 1. The van der Waals surface area contributed by atoms with E-state index >= 15 is 0 Å². The minimum atomic E-state index is -3.67. The number of nitro groups is 1. The van der Waals surface area contributed by atoms with E-state index in [0.717, 1.165) is 5.56 Å². The van der Waals surface area contributed by atoms with Crippen molar-refractivity contribution in [3.63, 3.8) is 0 Å². The van der Waals surface area contributed by atoms with Gasteiger partial charge in [0, 0.05) is 30.8 Å². The van der Waals surface area contributed by atoms with Crippen LogP contribution in [-0.2, 0) is 14.8 Å². The molecular weight excluding hydrogens is 358 g/mol. The van der Waals surface area contributed by atoms with Crippen LogP contribution in [0.2, 0.25) is 0 Å². The molecule has 0 aliphatic carbocycles. The van der Waals surface area contributed by atoms with Crippen molar-refractivity contribution in [1.29, 1.82) is 0 Å². The molecule has 2 aromatic carbocycles. The van der Waals surface area contributed by atoms with Crippen LogP contribution in [-0.4, -0.2) is 25.8 Å². The quantitative estimate of drug-likeness (QED) is 0.568. The summed E-state index contributed by atoms with van der Waals surface area (Å²) >= 11 is 0. The molecule has 8 nitrogen and oxygen atoms in total. The van der Waals surface area contributed by atoms with Crippen LogP contribution in [0, 0.1) is 24.0 Å². The number of aryl methyl sites for hydroxylation is 2. The average Bonchev–Trinajstić information content (AvgIpc) is 2.56. The van der Waals surface area contributed by atoms with E-state index in [1.54, 1.807) is 19.1 Å². The van der Waals surface area contributed by atoms with Crippen LogP contribution in [0.4, 0.5) is 11.4 Å². The van der Waals surface area contributed by atoms with E-state index < -0.39 is 20.9 Å². The monoisotopic (exact) mass is 377 g/mol. The number of hydrogen-bond donors (Lipinski definition) is 2. The Hall–Kier alpha value is -2.78. The van der Waals surface area contributed by atoms with Crippen molar-refractivity contribution in [1.82, 2.24) is 4.72 Å². The first-order chi connectivity index (χ1) is 12.2. The van der Waals surface area contributed by atoms with E-state index in [0.29, 0.717) is 11.3 Å². The molecule has 9 heteroatoms. The molecule has 0 saturated heterocycles. The molecule has 2 N–H and O–H groups in total. The van der Waals surface area contributed by atoms with Gasteiger partial charge in [-0.3, -0.25) is 14.9 Å². The summed E-state index contributed by atoms with van der Waals surface area (Å²) in [7, 11) is -3.67. The largest absolute Gasteiger partial charge is 0.326 e. The Kier molecular flexibility index (Phi) is 6.06. The molecule has 0 radical (unpaired) electrons. The maximum atomic E-state index is 12.1. The molecule has 138 valence electrons. The second-order valence-corrected chi connectivity index (χ2v) is 7.53. The van der Waals surface area contributed by atoms with E-state index in [2.05, 4.69) is 10.0 Å². The molecule has 26 heavy (non-hydrogen) atoms. The van der Waals surface area contributed by atoms with Gasteiger partial charge in [0.15, 0.2) is 0 Å². The van der Waals surface area contributed by atoms with E-state index in [4.69, 9.17) is 0 Å². The number of nitrogens with one attached hydrogen (secondary N) is 2. The van der Waals surface area contributed by atoms with Crippen molar-refractivity contribution in [3.05, 3.63) is 63.7 Å². The zero-order chi connectivity index (χ0) is 19.3. The first-order valence-electron chi connectivity index (χ1n) is 7.80. The van der Waals surface area contributed by atoms with Crippen molar-refractivity contribution in [2.45, 2.75) is 25.2 Å². The standard InChI is InChI=1S/C17H19N3O5S/c1-12-3-6-15(7-4-12)26(24,25)18-10-9-17(21)19-16-8-5-14(20(22)23)11-13(16)2/h3-8,11,18H,9-10H2,1-2H3,(H,19,21). The zero-order valence-corrected chi connectivity index (χ0v) is 15.2. The molecule has 0 heterocycles. The molecule has 0 unspecified atom stereocenters. The molecule has 0 saturated carbocycles. The molecule has 1 amide bonds. The number of anilines is 1. The van der Waals surface area contributed by atoms with Gasteiger partial charge in [-0.2, -0.15) is 0 Å². The lowest BCUT2D eigenvalue weighted by Gasteiger charge is -2.09. The van der Waals surface area contributed by atoms with E-state index in [-0.39, 0.29) is 23.5 Å². The first-order valence-corrected chi connectivity index (χ1v) is 9.28. The lowest BCUT2D eigenvalue weighted by Crippen LogP contribution is -2.28. The molecular formula is C17H19N3O5S. The van der Waals surface area contributed by atoms with Crippen LogP contribution in [0.5, 0.6) is 0 Å². The van der Waals surface area contributed by atoms with Gasteiger partial charge in [0.05, 0.1) is 9.82 Å². The third kappa shape index (κ3) is 5.11. The lowest BCUT2D eigenvalue weighted by atomic mass is 10.1. The number of benzene rings is 2. The smallest absolute Gasteiger partial charge is 0.269 e. The Labute approximate surface area is 151 Å². The van der Waals surface area contributed by atoms with Crippen molar-refractivity contribution >= 4 is 27.3 Å². The fourth-order valence-corrected chi connectivity index (χ4v) is 3.25. The minimum Gasteiger partial charge on any atom is -0.326 e. The summed E-state index contributed by atoms with van der Waals surface area (Å²) in [5.74, 6) is -0.395. The Bertz CT molecular complexity index is 924. The highest BCUT2D eigenvalue weighted by atomic mass is 32.2. The molecule has 2 aromatic rings. The second-order valence-electron chi connectivity index (χ2n) is 5.77. The molecule has 0 aliphatic heterocycles. The molecule has 2 rings (SSSR count). The summed E-state index contributed by atoms with van der Waals surface area (Å²) in [4.78, 5) is 22.3. The minimum absolute atomic E-state index is 0.0614. The fourth-order valence-electron chi connectivity index (χ4n) is 2.21. The zero-order valence-electron chi connectivity index (χ0n) is 14.4. The summed E-state index contributed by atoms with van der Waals surface area (Å²) in [5, 5.41) is 13.3. The summed E-state index contributed by atoms with van der Waals surface area (Å²) in [6.07, 6.45) is -0.0679. The van der Waals surface area contributed by atoms with Crippen molar-refractivity contribution in [3.8, 4) is 0 Å². The van der Waals surface area contributed by atoms with Crippen molar-refractivity contribution < 1.29 is 18.1 Å². The highest BCUT2D eigenvalue weighted by Gasteiger charge is 2.14. The van der Waals surface area contributed by atoms with Crippen LogP contribution in [0.1, 0.15) is 17.5 Å². The lowest BCUT2D eigenvalue weighted by molar-refractivity contribution is -0.384. The average molecular weight is 377 g/mol. The highest BCUT2D eigenvalue weighted by Crippen LogP contribution is 2.21. The number of non-ortho nitro benzene ring substituents is 1. The maximum absolute atomic E-state index is 12.1. The number of hydrogen-bond acceptors (Lipinski definition) is 5. The van der Waals surface area contributed by atoms with Gasteiger partial charge in [0.1, 0.15) is 0 Å². The molecule has 0 atom stereocenters. The second kappa shape index (κ2) is 8.07. The van der Waals surface area contributed by atoms with Crippen molar-refractivity contribution in [2.24, 2.45) is 0 Å². The number of amides is 1. The van der Waals surface area contributed by atoms with Crippen molar-refractivity contribution in [2.75, 3.05) is 11.9 Å². The maximum Gasteiger partial charge on any atom is 0.269 e. The van der Waals surface area contributed by atoms with Gasteiger partial charge in [-0.25, -0.2) is 13.1 Å². The molecule has 0 spiro atoms. The molecule has 0 aliphatic rings. The third-order valence-electron chi connectivity index (χ3n) is 3.67. The highest BCUT2D eigenvalue weighted by molar-refractivity contribution is 7.89. The topological polar surface area (TPSA) is 118 Å². The number of carbonyl (C=O) groups excluding carboxylic acids is 1. The predicted molar refractivity (Wildman–Crippen MR) is 97.4 cm³/mol. The molecule has 0 aromatic heterocycles. The number of nitrogens with zero attached hydrogens (tertiary/aromatic N) is 1. The Morgan fingerprint density at radius 1 is 1.12 bits per heavy atom. The van der Waals surface area contributed by atoms with Gasteiger partial charge in [-0.1, -0.05) is 17.7 Å². The van der Waals surface area contributed by atoms with Crippen LogP contribution in [0.25, 0.3) is 0 Å². The summed E-state index contributed by atoms with van der Waals surface area (Å²) < 4.78 is 26.6. The van der Waals surface area contributed by atoms with Gasteiger partial charge in [0.2, 0.25) is 15.9 Å². The van der Waals surface area contributed by atoms with Gasteiger partial charge in [-0.15, -0.1) is 0 Å². The van der Waals surface area contributed by atoms with Gasteiger partial charge in [-0.05, 0) is 37.6 Å². The van der Waals surface area contributed by atoms with Crippen LogP contribution in [0.15, 0.2) is 47.4 Å². The number of nitro benzene ring substituents is 1. The van der Waals surface area contributed by atoms with E-state index in [1.165, 1.54) is 30.3 Å². The summed E-state index contributed by atoms with van der Waals surface area (Å²) in [6, 6.07) is 10.5. The fraction of sp³-hybridized carbons (Fsp3) is 0.235. The third-order valence-corrected chi connectivity index (χ3v) is 5.15. The van der Waals surface area contributed by atoms with Gasteiger partial charge in [0.25, 0.3) is 5.69 Å². The van der Waals surface area contributed by atoms with Crippen LogP contribution >= 0.6 is 0 Å². The number of rotatable bonds is 7. The van der Waals surface area contributed by atoms with Gasteiger partial charge >= 0.3 is 0 Å². The molecule has 0 fully saturated rings. The Balaban J connectivity index is 1.91.